The van der Waals surface area contributed by atoms with E-state index >= 15 is 0 Å². The van der Waals surface area contributed by atoms with Gasteiger partial charge in [-0.05, 0) is 30.7 Å². The first-order chi connectivity index (χ1) is 11.1. The Balaban J connectivity index is 1.84. The Morgan fingerprint density at radius 2 is 1.91 bits per heavy atom. The van der Waals surface area contributed by atoms with E-state index in [0.717, 1.165) is 18.4 Å². The number of ether oxygens (including phenoxy) is 2. The van der Waals surface area contributed by atoms with E-state index in [4.69, 9.17) is 9.47 Å². The average molecular weight is 314 g/mol. The third-order valence-corrected chi connectivity index (χ3v) is 4.03. The zero-order valence-electron chi connectivity index (χ0n) is 13.0. The van der Waals surface area contributed by atoms with Crippen molar-refractivity contribution in [1.82, 2.24) is 0 Å². The molecule has 1 saturated heterocycles. The van der Waals surface area contributed by atoms with E-state index in [2.05, 4.69) is 0 Å². The van der Waals surface area contributed by atoms with Gasteiger partial charge < -0.3 is 9.47 Å². The van der Waals surface area contributed by atoms with Gasteiger partial charge in [-0.3, -0.25) is 4.79 Å². The van der Waals surface area contributed by atoms with E-state index in [-0.39, 0.29) is 17.5 Å². The molecule has 0 saturated carbocycles. The summed E-state index contributed by atoms with van der Waals surface area (Å²) >= 11 is 0. The number of carbonyl (C=O) groups is 1. The molecule has 0 aromatic heterocycles. The van der Waals surface area contributed by atoms with E-state index in [9.17, 15) is 9.18 Å². The van der Waals surface area contributed by atoms with Crippen molar-refractivity contribution in [3.63, 3.8) is 0 Å². The van der Waals surface area contributed by atoms with Gasteiger partial charge >= 0.3 is 0 Å². The molecule has 3 rings (SSSR count). The van der Waals surface area contributed by atoms with Gasteiger partial charge in [0.1, 0.15) is 17.7 Å². The average Bonchev–Trinajstić information content (AvgIpc) is 2.58. The van der Waals surface area contributed by atoms with Crippen molar-refractivity contribution in [1.29, 1.82) is 0 Å². The topological polar surface area (TPSA) is 35.5 Å². The zero-order chi connectivity index (χ0) is 16.2. The summed E-state index contributed by atoms with van der Waals surface area (Å²) in [5, 5.41) is 0. The zero-order valence-corrected chi connectivity index (χ0v) is 13.0. The number of carbonyl (C=O) groups excluding carboxylic acids is 1. The minimum absolute atomic E-state index is 0.0772. The normalized spacial score (nSPS) is 15.4. The first-order valence-corrected chi connectivity index (χ1v) is 7.79. The molecule has 2 aromatic carbocycles. The summed E-state index contributed by atoms with van der Waals surface area (Å²) in [7, 11) is 0. The van der Waals surface area contributed by atoms with Crippen LogP contribution in [0.25, 0.3) is 0 Å². The van der Waals surface area contributed by atoms with Crippen LogP contribution in [-0.4, -0.2) is 25.1 Å². The van der Waals surface area contributed by atoms with E-state index in [1.165, 1.54) is 12.1 Å². The highest BCUT2D eigenvalue weighted by Gasteiger charge is 2.18. The fourth-order valence-corrected chi connectivity index (χ4v) is 2.64. The molecular formula is C19H19FO3. The fraction of sp³-hybridized carbons (Fsp3) is 0.316. The van der Waals surface area contributed by atoms with Crippen LogP contribution in [0, 0.1) is 12.7 Å². The molecule has 0 bridgehead atoms. The summed E-state index contributed by atoms with van der Waals surface area (Å²) in [6.45, 7) is 3.32. The second-order valence-electron chi connectivity index (χ2n) is 5.72. The molecule has 2 aromatic rings. The van der Waals surface area contributed by atoms with Crippen LogP contribution in [0.2, 0.25) is 0 Å². The first-order valence-electron chi connectivity index (χ1n) is 7.79. The number of hydrogen-bond acceptors (Lipinski definition) is 3. The molecule has 0 aliphatic carbocycles. The Kier molecular flexibility index (Phi) is 4.72. The van der Waals surface area contributed by atoms with Gasteiger partial charge in [0.05, 0.1) is 18.8 Å². The lowest BCUT2D eigenvalue weighted by atomic mass is 10.0. The van der Waals surface area contributed by atoms with Crippen LogP contribution < -0.4 is 4.74 Å². The van der Waals surface area contributed by atoms with Crippen LogP contribution in [0.4, 0.5) is 4.39 Å². The molecule has 1 heterocycles. The molecule has 23 heavy (non-hydrogen) atoms. The van der Waals surface area contributed by atoms with Gasteiger partial charge in [-0.1, -0.05) is 24.3 Å². The molecule has 1 aliphatic heterocycles. The maximum atomic E-state index is 13.8. The van der Waals surface area contributed by atoms with Crippen molar-refractivity contribution < 1.29 is 18.7 Å². The lowest BCUT2D eigenvalue weighted by Crippen LogP contribution is -2.26. The quantitative estimate of drug-likeness (QED) is 0.802. The van der Waals surface area contributed by atoms with Crippen LogP contribution in [0.15, 0.2) is 42.5 Å². The second kappa shape index (κ2) is 6.92. The number of benzene rings is 2. The Labute approximate surface area is 135 Å². The van der Waals surface area contributed by atoms with Gasteiger partial charge in [-0.15, -0.1) is 0 Å². The standard InChI is InChI=1S/C19H19FO3/c1-13-6-7-14(19(21)16-4-2-3-5-17(16)20)12-18(13)23-15-8-10-22-11-9-15/h2-7,12,15H,8-11H2,1H3. The third-order valence-electron chi connectivity index (χ3n) is 4.03. The number of halogens is 1. The third kappa shape index (κ3) is 3.59. The summed E-state index contributed by atoms with van der Waals surface area (Å²) in [5.74, 6) is -0.163. The molecule has 120 valence electrons. The van der Waals surface area contributed by atoms with Crippen molar-refractivity contribution in [2.45, 2.75) is 25.9 Å². The summed E-state index contributed by atoms with van der Waals surface area (Å²) in [6, 6.07) is 11.3. The molecule has 1 aliphatic rings. The molecule has 0 radical (unpaired) electrons. The predicted molar refractivity (Wildman–Crippen MR) is 85.5 cm³/mol. The molecular weight excluding hydrogens is 295 g/mol. The Hall–Kier alpha value is -2.20. The Morgan fingerprint density at radius 3 is 2.65 bits per heavy atom. The van der Waals surface area contributed by atoms with Gasteiger partial charge in [-0.25, -0.2) is 4.39 Å². The Bertz CT molecular complexity index is 706. The molecule has 0 unspecified atom stereocenters. The predicted octanol–water partition coefficient (Wildman–Crippen LogP) is 3.92. The van der Waals surface area contributed by atoms with Crippen LogP contribution in [-0.2, 0) is 4.74 Å². The minimum atomic E-state index is -0.509. The summed E-state index contributed by atoms with van der Waals surface area (Å²) in [5.41, 5.74) is 1.47. The van der Waals surface area contributed by atoms with Crippen molar-refractivity contribution in [3.05, 3.63) is 65.0 Å². The highest BCUT2D eigenvalue weighted by Crippen LogP contribution is 2.25. The van der Waals surface area contributed by atoms with Gasteiger partial charge in [-0.2, -0.15) is 0 Å². The second-order valence-corrected chi connectivity index (χ2v) is 5.72. The van der Waals surface area contributed by atoms with Crippen molar-refractivity contribution >= 4 is 5.78 Å². The largest absolute Gasteiger partial charge is 0.490 e. The Morgan fingerprint density at radius 1 is 1.17 bits per heavy atom. The molecule has 4 heteroatoms. The van der Waals surface area contributed by atoms with Crippen molar-refractivity contribution in [3.8, 4) is 5.75 Å². The van der Waals surface area contributed by atoms with E-state index in [1.807, 2.05) is 13.0 Å². The lowest BCUT2D eigenvalue weighted by molar-refractivity contribution is 0.0252. The van der Waals surface area contributed by atoms with Crippen molar-refractivity contribution in [2.24, 2.45) is 0 Å². The first kappa shape index (κ1) is 15.7. The summed E-state index contributed by atoms with van der Waals surface area (Å²) in [6.07, 6.45) is 1.77. The number of ketones is 1. The van der Waals surface area contributed by atoms with E-state index < -0.39 is 5.82 Å². The maximum absolute atomic E-state index is 13.8. The molecule has 0 N–H and O–H groups in total. The molecule has 3 nitrogen and oxygen atoms in total. The summed E-state index contributed by atoms with van der Waals surface area (Å²) < 4.78 is 25.2. The number of hydrogen-bond donors (Lipinski definition) is 0. The molecule has 0 atom stereocenters. The smallest absolute Gasteiger partial charge is 0.196 e. The number of rotatable bonds is 4. The SMILES string of the molecule is Cc1ccc(C(=O)c2ccccc2F)cc1OC1CCOCC1. The van der Waals surface area contributed by atoms with Gasteiger partial charge in [0.15, 0.2) is 5.78 Å². The van der Waals surface area contributed by atoms with E-state index in [1.54, 1.807) is 24.3 Å². The van der Waals surface area contributed by atoms with Crippen LogP contribution in [0.3, 0.4) is 0 Å². The number of aryl methyl sites for hydroxylation is 1. The van der Waals surface area contributed by atoms with Gasteiger partial charge in [0, 0.05) is 18.4 Å². The monoisotopic (exact) mass is 314 g/mol. The summed E-state index contributed by atoms with van der Waals surface area (Å²) in [4.78, 5) is 12.5. The molecule has 0 amide bonds. The molecule has 1 fully saturated rings. The minimum Gasteiger partial charge on any atom is -0.490 e. The van der Waals surface area contributed by atoms with E-state index in [0.29, 0.717) is 24.5 Å². The lowest BCUT2D eigenvalue weighted by Gasteiger charge is -2.24. The highest BCUT2D eigenvalue weighted by molar-refractivity contribution is 6.09. The van der Waals surface area contributed by atoms with Crippen molar-refractivity contribution in [2.75, 3.05) is 13.2 Å². The molecule has 0 spiro atoms. The van der Waals surface area contributed by atoms with Gasteiger partial charge in [0.2, 0.25) is 0 Å². The highest BCUT2D eigenvalue weighted by atomic mass is 19.1. The van der Waals surface area contributed by atoms with Crippen LogP contribution >= 0.6 is 0 Å². The fourth-order valence-electron chi connectivity index (χ4n) is 2.64. The van der Waals surface area contributed by atoms with Crippen LogP contribution in [0.1, 0.15) is 34.3 Å². The maximum Gasteiger partial charge on any atom is 0.196 e. The van der Waals surface area contributed by atoms with Gasteiger partial charge in [0.25, 0.3) is 0 Å². The van der Waals surface area contributed by atoms with Crippen LogP contribution in [0.5, 0.6) is 5.75 Å².